The normalized spacial score (nSPS) is 10.6. The number of aryl methyl sites for hydroxylation is 1. The van der Waals surface area contributed by atoms with Gasteiger partial charge in [0.1, 0.15) is 10.8 Å². The van der Waals surface area contributed by atoms with E-state index in [4.69, 9.17) is 4.74 Å². The molecule has 9 heteroatoms. The number of carbonyl (C=O) groups is 1. The fraction of sp³-hybridized carbons (Fsp3) is 0.200. The molecule has 0 aliphatic rings. The van der Waals surface area contributed by atoms with E-state index in [1.165, 1.54) is 23.1 Å². The molecule has 3 aromatic rings. The van der Waals surface area contributed by atoms with E-state index in [0.717, 1.165) is 16.4 Å². The average Bonchev–Trinajstić information content (AvgIpc) is 3.21. The maximum Gasteiger partial charge on any atom is 0.236 e. The molecule has 1 amide bonds. The second-order valence-corrected chi connectivity index (χ2v) is 6.84. The monoisotopic (exact) mass is 361 g/mol. The zero-order chi connectivity index (χ0) is 16.9. The maximum absolute atomic E-state index is 12.0. The molecule has 0 saturated heterocycles. The summed E-state index contributed by atoms with van der Waals surface area (Å²) in [5.74, 6) is 0.821. The minimum atomic E-state index is -0.147. The van der Waals surface area contributed by atoms with E-state index in [0.29, 0.717) is 10.3 Å². The Bertz CT molecular complexity index is 846. The van der Waals surface area contributed by atoms with Crippen molar-refractivity contribution in [2.45, 2.75) is 12.1 Å². The van der Waals surface area contributed by atoms with Gasteiger partial charge in [-0.05, 0) is 19.1 Å². The topological polar surface area (TPSA) is 81.9 Å². The highest BCUT2D eigenvalue weighted by molar-refractivity contribution is 7.99. The van der Waals surface area contributed by atoms with Crippen molar-refractivity contribution in [1.29, 1.82) is 0 Å². The van der Waals surface area contributed by atoms with Crippen LogP contribution in [-0.4, -0.2) is 38.5 Å². The van der Waals surface area contributed by atoms with Crippen LogP contribution < -0.4 is 10.1 Å². The van der Waals surface area contributed by atoms with Gasteiger partial charge >= 0.3 is 0 Å². The summed E-state index contributed by atoms with van der Waals surface area (Å²) in [6.07, 6.45) is 3.53. The van der Waals surface area contributed by atoms with Crippen LogP contribution in [0.15, 0.2) is 41.8 Å². The molecular formula is C15H15N5O2S2. The van der Waals surface area contributed by atoms with E-state index in [1.807, 2.05) is 42.0 Å². The van der Waals surface area contributed by atoms with Crippen molar-refractivity contribution >= 4 is 34.1 Å². The number of aromatic nitrogens is 4. The number of ether oxygens (including phenoxy) is 1. The number of methoxy groups -OCH3 is 1. The molecule has 0 aliphatic carbocycles. The third-order valence-corrected chi connectivity index (χ3v) is 4.78. The zero-order valence-electron chi connectivity index (χ0n) is 13.1. The Morgan fingerprint density at radius 2 is 2.21 bits per heavy atom. The summed E-state index contributed by atoms with van der Waals surface area (Å²) in [6, 6.07) is 7.66. The number of hydrogen-bond donors (Lipinski definition) is 1. The van der Waals surface area contributed by atoms with Gasteiger partial charge in [0.05, 0.1) is 18.6 Å². The van der Waals surface area contributed by atoms with Crippen LogP contribution in [0.3, 0.4) is 0 Å². The molecule has 1 aromatic carbocycles. The number of benzene rings is 1. The standard InChI is InChI=1S/C15H15N5O2S2/c1-10-18-19-14(24-10)17-13(21)9-23-15-16-7-8-20(15)11-5-3-4-6-12(11)22-2/h3-8H,9H2,1-2H3,(H,17,19,21). The second-order valence-electron chi connectivity index (χ2n) is 4.71. The summed E-state index contributed by atoms with van der Waals surface area (Å²) in [5, 5.41) is 12.5. The molecule has 0 saturated carbocycles. The number of nitrogens with zero attached hydrogens (tertiary/aromatic N) is 4. The van der Waals surface area contributed by atoms with E-state index >= 15 is 0 Å². The van der Waals surface area contributed by atoms with Gasteiger partial charge in [-0.1, -0.05) is 35.2 Å². The van der Waals surface area contributed by atoms with E-state index < -0.39 is 0 Å². The lowest BCUT2D eigenvalue weighted by molar-refractivity contribution is -0.113. The van der Waals surface area contributed by atoms with Crippen molar-refractivity contribution in [1.82, 2.24) is 19.7 Å². The van der Waals surface area contributed by atoms with Crippen LogP contribution in [-0.2, 0) is 4.79 Å². The van der Waals surface area contributed by atoms with Crippen molar-refractivity contribution in [3.8, 4) is 11.4 Å². The molecule has 0 aliphatic heterocycles. The van der Waals surface area contributed by atoms with Crippen LogP contribution in [0.2, 0.25) is 0 Å². The van der Waals surface area contributed by atoms with Gasteiger partial charge in [0.25, 0.3) is 0 Å². The van der Waals surface area contributed by atoms with Crippen LogP contribution in [0.5, 0.6) is 5.75 Å². The molecular weight excluding hydrogens is 346 g/mol. The van der Waals surface area contributed by atoms with Gasteiger partial charge in [0, 0.05) is 12.4 Å². The van der Waals surface area contributed by atoms with Gasteiger partial charge in [0.2, 0.25) is 11.0 Å². The molecule has 124 valence electrons. The summed E-state index contributed by atoms with van der Waals surface area (Å²) >= 11 is 2.69. The van der Waals surface area contributed by atoms with Crippen LogP contribution in [0.25, 0.3) is 5.69 Å². The number of para-hydroxylation sites is 2. The molecule has 0 radical (unpaired) electrons. The number of nitrogens with one attached hydrogen (secondary N) is 1. The molecule has 0 bridgehead atoms. The first kappa shape index (κ1) is 16.5. The Morgan fingerprint density at radius 3 is 2.96 bits per heavy atom. The van der Waals surface area contributed by atoms with Gasteiger partial charge in [-0.3, -0.25) is 14.7 Å². The van der Waals surface area contributed by atoms with E-state index in [-0.39, 0.29) is 11.7 Å². The Kier molecular flexibility index (Phi) is 5.11. The maximum atomic E-state index is 12.0. The second kappa shape index (κ2) is 7.45. The fourth-order valence-electron chi connectivity index (χ4n) is 2.04. The van der Waals surface area contributed by atoms with E-state index in [1.54, 1.807) is 13.3 Å². The molecule has 0 atom stereocenters. The van der Waals surface area contributed by atoms with Gasteiger partial charge in [0.15, 0.2) is 5.16 Å². The fourth-order valence-corrected chi connectivity index (χ4v) is 3.42. The van der Waals surface area contributed by atoms with Gasteiger partial charge in [-0.25, -0.2) is 4.98 Å². The van der Waals surface area contributed by atoms with Crippen molar-refractivity contribution in [2.75, 3.05) is 18.2 Å². The summed E-state index contributed by atoms with van der Waals surface area (Å²) in [4.78, 5) is 16.3. The lowest BCUT2D eigenvalue weighted by Gasteiger charge is -2.11. The van der Waals surface area contributed by atoms with E-state index in [9.17, 15) is 4.79 Å². The number of thioether (sulfide) groups is 1. The molecule has 24 heavy (non-hydrogen) atoms. The predicted octanol–water partition coefficient (Wildman–Crippen LogP) is 2.77. The van der Waals surface area contributed by atoms with Crippen LogP contribution in [0, 0.1) is 6.92 Å². The number of anilines is 1. The van der Waals surface area contributed by atoms with Crippen molar-refractivity contribution in [3.05, 3.63) is 41.7 Å². The van der Waals surface area contributed by atoms with Crippen molar-refractivity contribution in [3.63, 3.8) is 0 Å². The zero-order valence-corrected chi connectivity index (χ0v) is 14.7. The number of imidazole rings is 1. The van der Waals surface area contributed by atoms with Crippen LogP contribution in [0.4, 0.5) is 5.13 Å². The lowest BCUT2D eigenvalue weighted by atomic mass is 10.3. The van der Waals surface area contributed by atoms with Gasteiger partial charge in [-0.15, -0.1) is 10.2 Å². The molecule has 2 heterocycles. The summed E-state index contributed by atoms with van der Waals surface area (Å²) in [5.41, 5.74) is 0.875. The van der Waals surface area contributed by atoms with Crippen molar-refractivity contribution in [2.24, 2.45) is 0 Å². The molecule has 1 N–H and O–H groups in total. The Morgan fingerprint density at radius 1 is 1.38 bits per heavy atom. The summed E-state index contributed by atoms with van der Waals surface area (Å²) in [7, 11) is 1.63. The highest BCUT2D eigenvalue weighted by Crippen LogP contribution is 2.27. The number of hydrogen-bond acceptors (Lipinski definition) is 7. The largest absolute Gasteiger partial charge is 0.495 e. The third kappa shape index (κ3) is 3.74. The van der Waals surface area contributed by atoms with Crippen LogP contribution >= 0.6 is 23.1 Å². The first-order valence-electron chi connectivity index (χ1n) is 7.07. The third-order valence-electron chi connectivity index (χ3n) is 3.06. The number of rotatable bonds is 6. The molecule has 0 spiro atoms. The quantitative estimate of drug-likeness (QED) is 0.680. The highest BCUT2D eigenvalue weighted by Gasteiger charge is 2.13. The summed E-state index contributed by atoms with van der Waals surface area (Å²) in [6.45, 7) is 1.84. The minimum Gasteiger partial charge on any atom is -0.495 e. The molecule has 2 aromatic heterocycles. The van der Waals surface area contributed by atoms with Crippen LogP contribution in [0.1, 0.15) is 5.01 Å². The van der Waals surface area contributed by atoms with E-state index in [2.05, 4.69) is 20.5 Å². The minimum absolute atomic E-state index is 0.147. The highest BCUT2D eigenvalue weighted by atomic mass is 32.2. The first-order chi connectivity index (χ1) is 11.7. The molecule has 7 nitrogen and oxygen atoms in total. The van der Waals surface area contributed by atoms with Crippen molar-refractivity contribution < 1.29 is 9.53 Å². The molecule has 3 rings (SSSR count). The Labute approximate surface area is 147 Å². The van der Waals surface area contributed by atoms with Gasteiger partial charge < -0.3 is 4.74 Å². The SMILES string of the molecule is COc1ccccc1-n1ccnc1SCC(=O)Nc1nnc(C)s1. The van der Waals surface area contributed by atoms with Gasteiger partial charge in [-0.2, -0.15) is 0 Å². The lowest BCUT2D eigenvalue weighted by Crippen LogP contribution is -2.14. The first-order valence-corrected chi connectivity index (χ1v) is 8.87. The average molecular weight is 361 g/mol. The molecule has 0 fully saturated rings. The number of carbonyl (C=O) groups excluding carboxylic acids is 1. The number of amides is 1. The summed E-state index contributed by atoms with van der Waals surface area (Å²) < 4.78 is 7.27. The Balaban J connectivity index is 1.68. The predicted molar refractivity (Wildman–Crippen MR) is 94.1 cm³/mol. The smallest absolute Gasteiger partial charge is 0.236 e. The molecule has 0 unspecified atom stereocenters. The Hall–Kier alpha value is -2.39.